The van der Waals surface area contributed by atoms with Crippen molar-refractivity contribution in [2.45, 2.75) is 6.92 Å². The van der Waals surface area contributed by atoms with Crippen molar-refractivity contribution in [3.05, 3.63) is 40.7 Å². The molecule has 0 spiro atoms. The number of hydrogen-bond acceptors (Lipinski definition) is 3. The highest BCUT2D eigenvalue weighted by molar-refractivity contribution is 6.31. The molecule has 0 saturated heterocycles. The molecule has 5 nitrogen and oxygen atoms in total. The van der Waals surface area contributed by atoms with E-state index in [1.54, 1.807) is 12.1 Å². The highest BCUT2D eigenvalue weighted by Gasteiger charge is 2.12. The molecule has 2 rings (SSSR count). The van der Waals surface area contributed by atoms with Crippen molar-refractivity contribution in [1.82, 2.24) is 10.2 Å². The molecule has 0 saturated carbocycles. The van der Waals surface area contributed by atoms with Crippen LogP contribution in [0, 0.1) is 6.92 Å². The van der Waals surface area contributed by atoms with Gasteiger partial charge < -0.3 is 11.1 Å². The van der Waals surface area contributed by atoms with E-state index >= 15 is 0 Å². The van der Waals surface area contributed by atoms with E-state index in [-0.39, 0.29) is 11.6 Å². The van der Waals surface area contributed by atoms with Gasteiger partial charge in [-0.3, -0.25) is 9.89 Å². The van der Waals surface area contributed by atoms with Crippen molar-refractivity contribution in [1.29, 1.82) is 0 Å². The lowest BCUT2D eigenvalue weighted by Gasteiger charge is -2.06. The second-order valence-electron chi connectivity index (χ2n) is 3.62. The summed E-state index contributed by atoms with van der Waals surface area (Å²) in [4.78, 5) is 11.8. The lowest BCUT2D eigenvalue weighted by Crippen LogP contribution is -2.14. The summed E-state index contributed by atoms with van der Waals surface area (Å²) >= 11 is 5.96. The van der Waals surface area contributed by atoms with Crippen LogP contribution in [-0.4, -0.2) is 16.1 Å². The molecule has 17 heavy (non-hydrogen) atoms. The monoisotopic (exact) mass is 250 g/mol. The Hall–Kier alpha value is -2.01. The minimum absolute atomic E-state index is 0.238. The third-order valence-corrected chi connectivity index (χ3v) is 2.73. The van der Waals surface area contributed by atoms with Crippen LogP contribution >= 0.6 is 11.6 Å². The largest absolute Gasteiger partial charge is 0.396 e. The van der Waals surface area contributed by atoms with Gasteiger partial charge in [-0.15, -0.1) is 0 Å². The Morgan fingerprint density at radius 1 is 1.53 bits per heavy atom. The van der Waals surface area contributed by atoms with Gasteiger partial charge in [-0.2, -0.15) is 5.10 Å². The maximum atomic E-state index is 11.8. The van der Waals surface area contributed by atoms with Crippen LogP contribution in [0.1, 0.15) is 16.1 Å². The topological polar surface area (TPSA) is 83.8 Å². The third kappa shape index (κ3) is 2.39. The number of hydrogen-bond donors (Lipinski definition) is 3. The van der Waals surface area contributed by atoms with Gasteiger partial charge in [-0.1, -0.05) is 17.7 Å². The van der Waals surface area contributed by atoms with Crippen molar-refractivity contribution >= 4 is 28.9 Å². The van der Waals surface area contributed by atoms with Gasteiger partial charge in [-0.05, 0) is 24.6 Å². The summed E-state index contributed by atoms with van der Waals surface area (Å²) in [5, 5.41) is 9.49. The van der Waals surface area contributed by atoms with Gasteiger partial charge in [0.05, 0.1) is 11.9 Å². The number of carbonyl (C=O) groups excluding carboxylic acids is 1. The molecule has 0 aliphatic carbocycles. The SMILES string of the molecule is Cc1ccc(NC(=O)c2[nH]ncc2N)cc1Cl. The Morgan fingerprint density at radius 2 is 2.29 bits per heavy atom. The predicted octanol–water partition coefficient (Wildman–Crippen LogP) is 2.21. The summed E-state index contributed by atoms with van der Waals surface area (Å²) in [5.74, 6) is -0.347. The van der Waals surface area contributed by atoms with E-state index in [9.17, 15) is 4.79 Å². The minimum Gasteiger partial charge on any atom is -0.396 e. The lowest BCUT2D eigenvalue weighted by molar-refractivity contribution is 0.102. The van der Waals surface area contributed by atoms with Crippen molar-refractivity contribution in [3.8, 4) is 0 Å². The van der Waals surface area contributed by atoms with Crippen LogP contribution in [0.5, 0.6) is 0 Å². The summed E-state index contributed by atoms with van der Waals surface area (Å²) in [6, 6.07) is 5.28. The van der Waals surface area contributed by atoms with Crippen LogP contribution in [0.15, 0.2) is 24.4 Å². The zero-order valence-electron chi connectivity index (χ0n) is 9.12. The van der Waals surface area contributed by atoms with Gasteiger partial charge in [-0.25, -0.2) is 0 Å². The number of benzene rings is 1. The summed E-state index contributed by atoms with van der Waals surface area (Å²) < 4.78 is 0. The fraction of sp³-hybridized carbons (Fsp3) is 0.0909. The standard InChI is InChI=1S/C11H11ClN4O/c1-6-2-3-7(4-8(6)12)15-11(17)10-9(13)5-14-16-10/h2-5H,13H2,1H3,(H,14,16)(H,15,17). The Morgan fingerprint density at radius 3 is 2.88 bits per heavy atom. The number of nitrogens with two attached hydrogens (primary N) is 1. The number of aryl methyl sites for hydroxylation is 1. The molecule has 0 atom stereocenters. The molecule has 2 aromatic rings. The van der Waals surface area contributed by atoms with E-state index < -0.39 is 0 Å². The molecular weight excluding hydrogens is 240 g/mol. The highest BCUT2D eigenvalue weighted by Crippen LogP contribution is 2.20. The van der Waals surface area contributed by atoms with Crippen molar-refractivity contribution in [2.75, 3.05) is 11.1 Å². The number of rotatable bonds is 2. The van der Waals surface area contributed by atoms with Crippen LogP contribution < -0.4 is 11.1 Å². The number of nitrogens with one attached hydrogen (secondary N) is 2. The molecule has 4 N–H and O–H groups in total. The zero-order chi connectivity index (χ0) is 12.4. The van der Waals surface area contributed by atoms with E-state index in [2.05, 4.69) is 15.5 Å². The van der Waals surface area contributed by atoms with E-state index in [1.807, 2.05) is 13.0 Å². The lowest BCUT2D eigenvalue weighted by atomic mass is 10.2. The normalized spacial score (nSPS) is 10.2. The first-order valence-corrected chi connectivity index (χ1v) is 5.32. The second kappa shape index (κ2) is 4.47. The van der Waals surface area contributed by atoms with Crippen LogP contribution in [0.2, 0.25) is 5.02 Å². The molecule has 0 bridgehead atoms. The van der Waals surface area contributed by atoms with E-state index in [0.717, 1.165) is 5.56 Å². The molecule has 0 aliphatic rings. The minimum atomic E-state index is -0.347. The first-order chi connectivity index (χ1) is 8.08. The van der Waals surface area contributed by atoms with Crippen molar-refractivity contribution in [3.63, 3.8) is 0 Å². The van der Waals surface area contributed by atoms with Gasteiger partial charge in [0, 0.05) is 10.7 Å². The molecule has 88 valence electrons. The maximum Gasteiger partial charge on any atom is 0.275 e. The average Bonchev–Trinajstić information content (AvgIpc) is 2.70. The number of halogens is 1. The van der Waals surface area contributed by atoms with Gasteiger partial charge in [0.15, 0.2) is 0 Å². The van der Waals surface area contributed by atoms with Gasteiger partial charge in [0.1, 0.15) is 5.69 Å². The van der Waals surface area contributed by atoms with Crippen LogP contribution in [-0.2, 0) is 0 Å². The van der Waals surface area contributed by atoms with Gasteiger partial charge >= 0.3 is 0 Å². The van der Waals surface area contributed by atoms with Gasteiger partial charge in [0.2, 0.25) is 0 Å². The highest BCUT2D eigenvalue weighted by atomic mass is 35.5. The number of aromatic nitrogens is 2. The molecule has 6 heteroatoms. The summed E-state index contributed by atoms with van der Waals surface area (Å²) in [5.41, 5.74) is 7.67. The Labute approximate surface area is 103 Å². The number of nitrogen functional groups attached to an aromatic ring is 1. The Balaban J connectivity index is 2.19. The molecule has 1 aromatic heterocycles. The Bertz CT molecular complexity index is 564. The molecule has 1 heterocycles. The first kappa shape index (κ1) is 11.5. The zero-order valence-corrected chi connectivity index (χ0v) is 9.88. The number of nitrogens with zero attached hydrogens (tertiary/aromatic N) is 1. The second-order valence-corrected chi connectivity index (χ2v) is 4.03. The molecule has 0 radical (unpaired) electrons. The number of H-pyrrole nitrogens is 1. The van der Waals surface area contributed by atoms with Crippen LogP contribution in [0.25, 0.3) is 0 Å². The van der Waals surface area contributed by atoms with E-state index in [1.165, 1.54) is 6.20 Å². The molecular formula is C11H11ClN4O. The number of anilines is 2. The van der Waals surface area contributed by atoms with Gasteiger partial charge in [0.25, 0.3) is 5.91 Å². The van der Waals surface area contributed by atoms with Crippen molar-refractivity contribution < 1.29 is 4.79 Å². The molecule has 0 unspecified atom stereocenters. The third-order valence-electron chi connectivity index (χ3n) is 2.33. The molecule has 1 amide bonds. The fourth-order valence-electron chi connectivity index (χ4n) is 1.34. The Kier molecular flexibility index (Phi) is 3.01. The van der Waals surface area contributed by atoms with E-state index in [0.29, 0.717) is 16.4 Å². The van der Waals surface area contributed by atoms with Crippen LogP contribution in [0.4, 0.5) is 11.4 Å². The number of amides is 1. The number of aromatic amines is 1. The summed E-state index contributed by atoms with van der Waals surface area (Å²) in [7, 11) is 0. The average molecular weight is 251 g/mol. The van der Waals surface area contributed by atoms with Crippen molar-refractivity contribution in [2.24, 2.45) is 0 Å². The summed E-state index contributed by atoms with van der Waals surface area (Å²) in [6.07, 6.45) is 1.39. The quantitative estimate of drug-likeness (QED) is 0.764. The molecule has 0 aliphatic heterocycles. The molecule has 1 aromatic carbocycles. The molecule has 0 fully saturated rings. The van der Waals surface area contributed by atoms with Crippen LogP contribution in [0.3, 0.4) is 0 Å². The first-order valence-electron chi connectivity index (χ1n) is 4.94. The van der Waals surface area contributed by atoms with E-state index in [4.69, 9.17) is 17.3 Å². The smallest absolute Gasteiger partial charge is 0.275 e. The predicted molar refractivity (Wildman–Crippen MR) is 67.1 cm³/mol. The summed E-state index contributed by atoms with van der Waals surface area (Å²) in [6.45, 7) is 1.89. The fourth-order valence-corrected chi connectivity index (χ4v) is 1.52. The maximum absolute atomic E-state index is 11.8. The number of carbonyl (C=O) groups is 1.